The number of carbonyl (C=O) groups is 1. The molecule has 9 heteroatoms. The lowest BCUT2D eigenvalue weighted by Gasteiger charge is -2.18. The topological polar surface area (TPSA) is 78.5 Å². The van der Waals surface area contributed by atoms with Crippen LogP contribution in [0.5, 0.6) is 0 Å². The van der Waals surface area contributed by atoms with Crippen molar-refractivity contribution in [1.82, 2.24) is 15.2 Å². The lowest BCUT2D eigenvalue weighted by Crippen LogP contribution is -2.46. The number of hydrazine groups is 1. The van der Waals surface area contributed by atoms with E-state index in [2.05, 4.69) is 5.43 Å². The lowest BCUT2D eigenvalue weighted by molar-refractivity contribution is 0.199. The van der Waals surface area contributed by atoms with Crippen LogP contribution in [0.15, 0.2) is 34.9 Å². The van der Waals surface area contributed by atoms with E-state index in [-0.39, 0.29) is 21.5 Å². The van der Waals surface area contributed by atoms with Gasteiger partial charge in [-0.25, -0.2) is 22.9 Å². The Balaban J connectivity index is 2.22. The monoisotopic (exact) mass is 335 g/mol. The third-order valence-corrected chi connectivity index (χ3v) is 4.82. The molecule has 0 saturated carbocycles. The summed E-state index contributed by atoms with van der Waals surface area (Å²) in [5.41, 5.74) is 3.47. The maximum Gasteiger partial charge on any atom is 0.350 e. The standard InChI is InChI=1S/C11H11Cl2N3O3S/c1-7-5-6-16(14-7)11(17)15-20(18,19)10-8(12)3-2-4-9(10)13/h2-5,14H,6H2,1H3,(H,15,17). The zero-order valence-electron chi connectivity index (χ0n) is 10.4. The Kier molecular flexibility index (Phi) is 4.12. The SMILES string of the molecule is CC1=CCN(C(=O)NS(=O)(=O)c2c(Cl)cccc2Cl)N1. The zero-order chi connectivity index (χ0) is 14.9. The van der Waals surface area contributed by atoms with Gasteiger partial charge in [-0.1, -0.05) is 29.3 Å². The molecule has 1 aromatic rings. The third-order valence-electron chi connectivity index (χ3n) is 2.55. The second-order valence-corrected chi connectivity index (χ2v) is 6.50. The molecular weight excluding hydrogens is 325 g/mol. The average molecular weight is 336 g/mol. The summed E-state index contributed by atoms with van der Waals surface area (Å²) in [6, 6.07) is 3.47. The van der Waals surface area contributed by atoms with Gasteiger partial charge in [-0.15, -0.1) is 0 Å². The third kappa shape index (κ3) is 3.00. The van der Waals surface area contributed by atoms with Gasteiger partial charge in [-0.3, -0.25) is 5.43 Å². The minimum absolute atomic E-state index is 0.0542. The van der Waals surface area contributed by atoms with Gasteiger partial charge in [0.2, 0.25) is 0 Å². The fourth-order valence-corrected chi connectivity index (χ4v) is 3.72. The van der Waals surface area contributed by atoms with Crippen LogP contribution in [0.1, 0.15) is 6.92 Å². The molecular formula is C11H11Cl2N3O3S. The number of sulfonamides is 1. The summed E-state index contributed by atoms with van der Waals surface area (Å²) >= 11 is 11.7. The first-order valence-corrected chi connectivity index (χ1v) is 7.77. The second-order valence-electron chi connectivity index (χ2n) is 4.07. The smallest absolute Gasteiger partial charge is 0.299 e. The number of benzene rings is 1. The van der Waals surface area contributed by atoms with Gasteiger partial charge in [0.05, 0.1) is 16.6 Å². The number of halogens is 2. The molecule has 0 saturated heterocycles. The zero-order valence-corrected chi connectivity index (χ0v) is 12.7. The van der Waals surface area contributed by atoms with Crippen molar-refractivity contribution in [2.45, 2.75) is 11.8 Å². The predicted octanol–water partition coefficient (Wildman–Crippen LogP) is 2.12. The molecule has 0 atom stereocenters. The molecule has 0 unspecified atom stereocenters. The van der Waals surface area contributed by atoms with Gasteiger partial charge < -0.3 is 0 Å². The number of allylic oxidation sites excluding steroid dienone is 1. The Labute approximate surface area is 126 Å². The number of hydrogen-bond donors (Lipinski definition) is 2. The second kappa shape index (κ2) is 5.51. The Bertz CT molecular complexity index is 668. The summed E-state index contributed by atoms with van der Waals surface area (Å²) in [4.78, 5) is 11.5. The van der Waals surface area contributed by atoms with Crippen molar-refractivity contribution in [1.29, 1.82) is 0 Å². The van der Waals surface area contributed by atoms with Crippen molar-refractivity contribution in [3.05, 3.63) is 40.0 Å². The molecule has 1 heterocycles. The molecule has 1 aliphatic rings. The molecule has 0 aromatic heterocycles. The van der Waals surface area contributed by atoms with Crippen LogP contribution in [0.4, 0.5) is 4.79 Å². The maximum absolute atomic E-state index is 12.2. The van der Waals surface area contributed by atoms with Crippen molar-refractivity contribution in [2.75, 3.05) is 6.54 Å². The normalized spacial score (nSPS) is 14.8. The molecule has 2 rings (SSSR count). The number of urea groups is 1. The van der Waals surface area contributed by atoms with Crippen LogP contribution in [-0.2, 0) is 10.0 Å². The van der Waals surface area contributed by atoms with Crippen molar-refractivity contribution in [3.8, 4) is 0 Å². The molecule has 0 fully saturated rings. The first kappa shape index (κ1) is 15.0. The minimum Gasteiger partial charge on any atom is -0.299 e. The van der Waals surface area contributed by atoms with Gasteiger partial charge in [0, 0.05) is 5.70 Å². The van der Waals surface area contributed by atoms with E-state index in [0.29, 0.717) is 0 Å². The van der Waals surface area contributed by atoms with E-state index in [1.807, 2.05) is 4.72 Å². The van der Waals surface area contributed by atoms with Crippen LogP contribution in [0.2, 0.25) is 10.0 Å². The summed E-state index contributed by atoms with van der Waals surface area (Å²) in [5.74, 6) is 0. The Morgan fingerprint density at radius 3 is 2.45 bits per heavy atom. The summed E-state index contributed by atoms with van der Waals surface area (Å²) in [6.45, 7) is 2.02. The minimum atomic E-state index is -4.14. The number of hydrogen-bond acceptors (Lipinski definition) is 4. The summed E-state index contributed by atoms with van der Waals surface area (Å²) in [6.07, 6.45) is 1.74. The van der Waals surface area contributed by atoms with Crippen LogP contribution >= 0.6 is 23.2 Å². The van der Waals surface area contributed by atoms with Gasteiger partial charge in [0.1, 0.15) is 4.90 Å². The first-order chi connectivity index (χ1) is 9.31. The van der Waals surface area contributed by atoms with Crippen molar-refractivity contribution >= 4 is 39.3 Å². The van der Waals surface area contributed by atoms with E-state index < -0.39 is 16.1 Å². The molecule has 20 heavy (non-hydrogen) atoms. The van der Waals surface area contributed by atoms with Gasteiger partial charge >= 0.3 is 6.03 Å². The van der Waals surface area contributed by atoms with Crippen LogP contribution in [0, 0.1) is 0 Å². The predicted molar refractivity (Wildman–Crippen MR) is 75.8 cm³/mol. The number of carbonyl (C=O) groups excluding carboxylic acids is 1. The van der Waals surface area contributed by atoms with E-state index in [9.17, 15) is 13.2 Å². The molecule has 2 amide bonds. The van der Waals surface area contributed by atoms with Crippen LogP contribution in [0.25, 0.3) is 0 Å². The van der Waals surface area contributed by atoms with Crippen molar-refractivity contribution in [2.24, 2.45) is 0 Å². The number of nitrogens with zero attached hydrogens (tertiary/aromatic N) is 1. The fraction of sp³-hybridized carbons (Fsp3) is 0.182. The molecule has 108 valence electrons. The summed E-state index contributed by atoms with van der Waals surface area (Å²) < 4.78 is 26.2. The van der Waals surface area contributed by atoms with E-state index in [1.54, 1.807) is 13.0 Å². The largest absolute Gasteiger partial charge is 0.350 e. The van der Waals surface area contributed by atoms with Crippen LogP contribution < -0.4 is 10.1 Å². The van der Waals surface area contributed by atoms with Crippen LogP contribution in [0.3, 0.4) is 0 Å². The summed E-state index contributed by atoms with van der Waals surface area (Å²) in [7, 11) is -4.14. The summed E-state index contributed by atoms with van der Waals surface area (Å²) in [5, 5.41) is 1.01. The van der Waals surface area contributed by atoms with E-state index in [4.69, 9.17) is 23.2 Å². The van der Waals surface area contributed by atoms with Crippen molar-refractivity contribution < 1.29 is 13.2 Å². The molecule has 0 aliphatic carbocycles. The highest BCUT2D eigenvalue weighted by Crippen LogP contribution is 2.28. The molecule has 6 nitrogen and oxygen atoms in total. The quantitative estimate of drug-likeness (QED) is 0.867. The lowest BCUT2D eigenvalue weighted by atomic mass is 10.4. The fourth-order valence-electron chi connectivity index (χ4n) is 1.63. The van der Waals surface area contributed by atoms with Crippen LogP contribution in [-0.4, -0.2) is 26.0 Å². The Morgan fingerprint density at radius 1 is 1.35 bits per heavy atom. The molecule has 0 bridgehead atoms. The maximum atomic E-state index is 12.2. The molecule has 1 aliphatic heterocycles. The van der Waals surface area contributed by atoms with Gasteiger partial charge in [-0.2, -0.15) is 0 Å². The highest BCUT2D eigenvalue weighted by molar-refractivity contribution is 7.90. The number of amides is 2. The molecule has 0 radical (unpaired) electrons. The van der Waals surface area contributed by atoms with E-state index in [1.165, 1.54) is 18.2 Å². The highest BCUT2D eigenvalue weighted by atomic mass is 35.5. The van der Waals surface area contributed by atoms with E-state index >= 15 is 0 Å². The Hall–Kier alpha value is -1.44. The van der Waals surface area contributed by atoms with Gasteiger partial charge in [0.25, 0.3) is 10.0 Å². The highest BCUT2D eigenvalue weighted by Gasteiger charge is 2.27. The van der Waals surface area contributed by atoms with Crippen molar-refractivity contribution in [3.63, 3.8) is 0 Å². The molecule has 0 spiro atoms. The average Bonchev–Trinajstić information content (AvgIpc) is 2.74. The number of rotatable bonds is 2. The number of nitrogens with one attached hydrogen (secondary N) is 2. The van der Waals surface area contributed by atoms with Gasteiger partial charge in [0.15, 0.2) is 0 Å². The Morgan fingerprint density at radius 2 is 1.95 bits per heavy atom. The molecule has 1 aromatic carbocycles. The first-order valence-electron chi connectivity index (χ1n) is 5.53. The molecule has 2 N–H and O–H groups in total. The van der Waals surface area contributed by atoms with E-state index in [0.717, 1.165) is 10.7 Å². The van der Waals surface area contributed by atoms with Gasteiger partial charge in [-0.05, 0) is 25.1 Å².